The van der Waals surface area contributed by atoms with Crippen molar-refractivity contribution in [2.75, 3.05) is 26.2 Å². The van der Waals surface area contributed by atoms with Crippen LogP contribution < -0.4 is 5.32 Å². The van der Waals surface area contributed by atoms with Crippen LogP contribution in [0.3, 0.4) is 0 Å². The SMILES string of the molecule is O=[N+]([O-])c1ccc2[nH]c(O)c(C(=Nc3ccc4c(c3)CCNC4)c3ccc(CCN4CCCCC4)cc3)c2c1. The molecular formula is C31H33N5O3. The van der Waals surface area contributed by atoms with Gasteiger partial charge in [0.1, 0.15) is 0 Å². The second-order valence-electron chi connectivity index (χ2n) is 10.5. The molecule has 0 radical (unpaired) electrons. The maximum atomic E-state index is 11.5. The van der Waals surface area contributed by atoms with Crippen molar-refractivity contribution in [3.63, 3.8) is 0 Å². The molecular weight excluding hydrogens is 490 g/mol. The summed E-state index contributed by atoms with van der Waals surface area (Å²) in [4.78, 5) is 21.7. The number of non-ortho nitro benzene ring substituents is 1. The van der Waals surface area contributed by atoms with Gasteiger partial charge in [0.2, 0.25) is 0 Å². The fourth-order valence-corrected chi connectivity index (χ4v) is 5.75. The number of nitro groups is 1. The number of nitrogens with one attached hydrogen (secondary N) is 2. The summed E-state index contributed by atoms with van der Waals surface area (Å²) in [5, 5.41) is 26.5. The van der Waals surface area contributed by atoms with Gasteiger partial charge in [-0.2, -0.15) is 0 Å². The van der Waals surface area contributed by atoms with Crippen molar-refractivity contribution in [2.45, 2.75) is 38.6 Å². The molecule has 200 valence electrons. The molecule has 0 saturated carbocycles. The van der Waals surface area contributed by atoms with Crippen LogP contribution in [0.2, 0.25) is 0 Å². The number of H-pyrrole nitrogens is 1. The Balaban J connectivity index is 1.40. The molecule has 8 heteroatoms. The van der Waals surface area contributed by atoms with Crippen LogP contribution in [0.4, 0.5) is 11.4 Å². The third-order valence-electron chi connectivity index (χ3n) is 7.92. The number of aromatic nitrogens is 1. The average Bonchev–Trinajstić information content (AvgIpc) is 3.30. The Morgan fingerprint density at radius 1 is 1.00 bits per heavy atom. The number of hydrogen-bond donors (Lipinski definition) is 3. The number of rotatable bonds is 7. The minimum atomic E-state index is -0.418. The molecule has 0 bridgehead atoms. The van der Waals surface area contributed by atoms with Crippen molar-refractivity contribution in [3.8, 4) is 5.88 Å². The van der Waals surface area contributed by atoms with Crippen LogP contribution in [0.15, 0.2) is 65.7 Å². The van der Waals surface area contributed by atoms with Gasteiger partial charge in [-0.3, -0.25) is 10.1 Å². The van der Waals surface area contributed by atoms with Gasteiger partial charge in [-0.15, -0.1) is 0 Å². The van der Waals surface area contributed by atoms with Gasteiger partial charge in [-0.25, -0.2) is 4.99 Å². The molecule has 0 atom stereocenters. The first-order valence-electron chi connectivity index (χ1n) is 13.8. The van der Waals surface area contributed by atoms with Crippen LogP contribution in [0.25, 0.3) is 10.9 Å². The molecule has 3 N–H and O–H groups in total. The van der Waals surface area contributed by atoms with E-state index in [0.29, 0.717) is 22.2 Å². The molecule has 1 aromatic heterocycles. The van der Waals surface area contributed by atoms with Gasteiger partial charge in [-0.1, -0.05) is 36.8 Å². The maximum Gasteiger partial charge on any atom is 0.270 e. The maximum absolute atomic E-state index is 11.5. The average molecular weight is 524 g/mol. The lowest BCUT2D eigenvalue weighted by atomic mass is 9.98. The van der Waals surface area contributed by atoms with Gasteiger partial charge in [0, 0.05) is 41.7 Å². The molecule has 6 rings (SSSR count). The molecule has 3 heterocycles. The van der Waals surface area contributed by atoms with Crippen molar-refractivity contribution < 1.29 is 10.0 Å². The number of aromatic amines is 1. The third kappa shape index (κ3) is 5.44. The summed E-state index contributed by atoms with van der Waals surface area (Å²) in [7, 11) is 0. The van der Waals surface area contributed by atoms with Crippen molar-refractivity contribution in [3.05, 3.63) is 98.6 Å². The topological polar surface area (TPSA) is 107 Å². The lowest BCUT2D eigenvalue weighted by Crippen LogP contribution is -2.31. The lowest BCUT2D eigenvalue weighted by molar-refractivity contribution is -0.384. The Morgan fingerprint density at radius 3 is 2.62 bits per heavy atom. The number of nitrogens with zero attached hydrogens (tertiary/aromatic N) is 3. The first kappa shape index (κ1) is 25.3. The van der Waals surface area contributed by atoms with E-state index in [1.165, 1.54) is 61.2 Å². The summed E-state index contributed by atoms with van der Waals surface area (Å²) in [5.74, 6) is -0.0550. The van der Waals surface area contributed by atoms with Crippen molar-refractivity contribution in [1.29, 1.82) is 0 Å². The molecule has 8 nitrogen and oxygen atoms in total. The van der Waals surface area contributed by atoms with Crippen molar-refractivity contribution in [2.24, 2.45) is 4.99 Å². The monoisotopic (exact) mass is 523 g/mol. The number of nitro benzene ring substituents is 1. The Labute approximate surface area is 227 Å². The van der Waals surface area contributed by atoms with Crippen molar-refractivity contribution in [1.82, 2.24) is 15.2 Å². The van der Waals surface area contributed by atoms with E-state index in [9.17, 15) is 15.2 Å². The fraction of sp³-hybridized carbons (Fsp3) is 0.323. The molecule has 0 aliphatic carbocycles. The standard InChI is InChI=1S/C31H33N5O3/c37-31-29(27-19-26(36(38)39)10-11-28(27)34-31)30(33-25-9-8-24-20-32-14-12-23(24)18-25)22-6-4-21(5-7-22)13-17-35-15-2-1-3-16-35/h4-11,18-19,32,34,37H,1-3,12-17,20H2. The molecule has 2 aliphatic heterocycles. The zero-order valence-electron chi connectivity index (χ0n) is 21.9. The quantitative estimate of drug-likeness (QED) is 0.165. The second-order valence-corrected chi connectivity index (χ2v) is 10.5. The number of likely N-dealkylation sites (tertiary alicyclic amines) is 1. The van der Waals surface area contributed by atoms with E-state index in [0.717, 1.165) is 43.7 Å². The highest BCUT2D eigenvalue weighted by molar-refractivity contribution is 6.22. The van der Waals surface area contributed by atoms with Gasteiger partial charge < -0.3 is 20.3 Å². The summed E-state index contributed by atoms with van der Waals surface area (Å²) in [6.07, 6.45) is 5.81. The predicted octanol–water partition coefficient (Wildman–Crippen LogP) is 5.62. The van der Waals surface area contributed by atoms with E-state index in [1.807, 2.05) is 18.2 Å². The first-order valence-corrected chi connectivity index (χ1v) is 13.8. The first-order chi connectivity index (χ1) is 19.0. The lowest BCUT2D eigenvalue weighted by Gasteiger charge is -2.26. The summed E-state index contributed by atoms with van der Waals surface area (Å²) in [6.45, 7) is 5.18. The summed E-state index contributed by atoms with van der Waals surface area (Å²) in [5.41, 5.74) is 7.06. The third-order valence-corrected chi connectivity index (χ3v) is 7.92. The Bertz CT molecular complexity index is 1530. The fourth-order valence-electron chi connectivity index (χ4n) is 5.75. The van der Waals surface area contributed by atoms with E-state index in [-0.39, 0.29) is 11.6 Å². The molecule has 1 saturated heterocycles. The Kier molecular flexibility index (Phi) is 7.13. The van der Waals surface area contributed by atoms with Crippen LogP contribution >= 0.6 is 0 Å². The number of piperidine rings is 1. The molecule has 3 aromatic carbocycles. The molecule has 1 fully saturated rings. The van der Waals surface area contributed by atoms with E-state index >= 15 is 0 Å². The smallest absolute Gasteiger partial charge is 0.270 e. The van der Waals surface area contributed by atoms with Gasteiger partial charge in [0.05, 0.1) is 21.9 Å². The van der Waals surface area contributed by atoms with Crippen molar-refractivity contribution >= 4 is 28.0 Å². The molecule has 0 amide bonds. The van der Waals surface area contributed by atoms with Gasteiger partial charge in [0.25, 0.3) is 5.69 Å². The molecule has 39 heavy (non-hydrogen) atoms. The van der Waals surface area contributed by atoms with Gasteiger partial charge in [0.15, 0.2) is 5.88 Å². The molecule has 2 aliphatic rings. The summed E-state index contributed by atoms with van der Waals surface area (Å²) < 4.78 is 0. The number of aromatic hydroxyl groups is 1. The zero-order chi connectivity index (χ0) is 26.8. The van der Waals surface area contributed by atoms with Crippen LogP contribution in [0.1, 0.15) is 47.1 Å². The normalized spacial score (nSPS) is 16.4. The highest BCUT2D eigenvalue weighted by Crippen LogP contribution is 2.34. The summed E-state index contributed by atoms with van der Waals surface area (Å²) >= 11 is 0. The van der Waals surface area contributed by atoms with Crippen LogP contribution in [0.5, 0.6) is 5.88 Å². The molecule has 0 unspecified atom stereocenters. The highest BCUT2D eigenvalue weighted by Gasteiger charge is 2.21. The number of benzene rings is 3. The van der Waals surface area contributed by atoms with E-state index < -0.39 is 4.92 Å². The minimum absolute atomic E-state index is 0.0311. The molecule has 4 aromatic rings. The van der Waals surface area contributed by atoms with E-state index in [4.69, 9.17) is 4.99 Å². The van der Waals surface area contributed by atoms with Gasteiger partial charge in [-0.05, 0) is 80.2 Å². The Hall–Kier alpha value is -4.01. The molecule has 0 spiro atoms. The van der Waals surface area contributed by atoms with Gasteiger partial charge >= 0.3 is 0 Å². The Morgan fingerprint density at radius 2 is 1.82 bits per heavy atom. The predicted molar refractivity (Wildman–Crippen MR) is 154 cm³/mol. The summed E-state index contributed by atoms with van der Waals surface area (Å²) in [6, 6.07) is 19.1. The highest BCUT2D eigenvalue weighted by atomic mass is 16.6. The van der Waals surface area contributed by atoms with E-state index in [1.54, 1.807) is 6.07 Å². The number of fused-ring (bicyclic) bond motifs is 2. The largest absolute Gasteiger partial charge is 0.494 e. The number of hydrogen-bond acceptors (Lipinski definition) is 6. The second kappa shape index (κ2) is 11.0. The minimum Gasteiger partial charge on any atom is -0.494 e. The van der Waals surface area contributed by atoms with Crippen LogP contribution in [0, 0.1) is 10.1 Å². The van der Waals surface area contributed by atoms with E-state index in [2.05, 4.69) is 39.5 Å². The van der Waals surface area contributed by atoms with Crippen LogP contribution in [-0.2, 0) is 19.4 Å². The number of aliphatic imine (C=N–C) groups is 1. The van der Waals surface area contributed by atoms with Crippen LogP contribution in [-0.4, -0.2) is 51.8 Å². The zero-order valence-corrected chi connectivity index (χ0v) is 21.9.